The molecule has 2 heterocycles. The molecule has 0 fully saturated rings. The van der Waals surface area contributed by atoms with Crippen LogP contribution in [-0.2, 0) is 28.9 Å². The molecular formula is C27H27N3O4S. The lowest BCUT2D eigenvalue weighted by Gasteiger charge is -2.22. The number of rotatable bonds is 7. The number of nitrogens with zero attached hydrogens (tertiary/aromatic N) is 1. The van der Waals surface area contributed by atoms with E-state index in [2.05, 4.69) is 21.5 Å². The summed E-state index contributed by atoms with van der Waals surface area (Å²) in [6, 6.07) is 10.6. The summed E-state index contributed by atoms with van der Waals surface area (Å²) in [6.07, 6.45) is 10.6. The molecule has 2 unspecified atom stereocenters. The van der Waals surface area contributed by atoms with Gasteiger partial charge in [0.05, 0.1) is 5.56 Å². The molecule has 0 radical (unpaired) electrons. The van der Waals surface area contributed by atoms with Crippen LogP contribution >= 0.6 is 11.3 Å². The lowest BCUT2D eigenvalue weighted by atomic mass is 9.93. The Morgan fingerprint density at radius 3 is 2.94 bits per heavy atom. The van der Waals surface area contributed by atoms with Crippen molar-refractivity contribution >= 4 is 28.3 Å². The van der Waals surface area contributed by atoms with Crippen molar-refractivity contribution in [3.63, 3.8) is 0 Å². The van der Waals surface area contributed by atoms with Crippen LogP contribution in [-0.4, -0.2) is 28.2 Å². The van der Waals surface area contributed by atoms with Gasteiger partial charge >= 0.3 is 6.09 Å². The molecule has 2 amide bonds. The minimum Gasteiger partial charge on any atom is -0.508 e. The number of carbonyl (C=O) groups excluding carboxylic acids is 2. The van der Waals surface area contributed by atoms with E-state index < -0.39 is 6.09 Å². The zero-order valence-corrected chi connectivity index (χ0v) is 20.2. The molecule has 0 aliphatic heterocycles. The summed E-state index contributed by atoms with van der Waals surface area (Å²) in [7, 11) is 0. The van der Waals surface area contributed by atoms with Gasteiger partial charge in [-0.1, -0.05) is 31.0 Å². The van der Waals surface area contributed by atoms with Crippen molar-refractivity contribution in [1.82, 2.24) is 10.3 Å². The molecule has 180 valence electrons. The molecule has 0 spiro atoms. The molecule has 3 aromatic rings. The Hall–Kier alpha value is -3.83. The third-order valence-electron chi connectivity index (χ3n) is 5.98. The minimum atomic E-state index is -0.467. The van der Waals surface area contributed by atoms with E-state index in [1.165, 1.54) is 11.3 Å². The maximum Gasteiger partial charge on any atom is 0.407 e. The monoisotopic (exact) mass is 489 g/mol. The second-order valence-corrected chi connectivity index (χ2v) is 9.69. The fourth-order valence-corrected chi connectivity index (χ4v) is 5.46. The van der Waals surface area contributed by atoms with Gasteiger partial charge in [-0.3, -0.25) is 9.78 Å². The van der Waals surface area contributed by atoms with Crippen LogP contribution in [0.5, 0.6) is 5.75 Å². The Balaban J connectivity index is 1.35. The number of amides is 2. The standard InChI is InChI=1S/C27H27N3O4S/c1-3-22-23-10-9-21(34-27(33)29-16-18-6-5-11-28-15-18)14-24(23)35-26(22)30-25(32)12-17(2)19-7-4-8-20(31)13-19/h1,4-8,11,13,15,17,21,31H,9-10,12,14,16H2,2H3,(H,29,33)(H,30,32). The normalized spacial score (nSPS) is 15.4. The molecule has 1 aromatic carbocycles. The third-order valence-corrected chi connectivity index (χ3v) is 7.15. The largest absolute Gasteiger partial charge is 0.508 e. The van der Waals surface area contributed by atoms with E-state index >= 15 is 0 Å². The summed E-state index contributed by atoms with van der Waals surface area (Å²) in [5, 5.41) is 16.1. The first kappa shape index (κ1) is 24.3. The Labute approximate surface area is 208 Å². The van der Waals surface area contributed by atoms with Crippen molar-refractivity contribution in [3.8, 4) is 18.1 Å². The van der Waals surface area contributed by atoms with Crippen molar-refractivity contribution in [2.75, 3.05) is 5.32 Å². The number of alkyl carbamates (subject to hydrolysis) is 1. The predicted octanol–water partition coefficient (Wildman–Crippen LogP) is 4.75. The van der Waals surface area contributed by atoms with Gasteiger partial charge in [-0.15, -0.1) is 17.8 Å². The Kier molecular flexibility index (Phi) is 7.68. The molecule has 1 aliphatic rings. The van der Waals surface area contributed by atoms with Crippen molar-refractivity contribution in [1.29, 1.82) is 0 Å². The smallest absolute Gasteiger partial charge is 0.407 e. The highest BCUT2D eigenvalue weighted by atomic mass is 32.1. The summed E-state index contributed by atoms with van der Waals surface area (Å²) in [5.74, 6) is 2.71. The highest BCUT2D eigenvalue weighted by Gasteiger charge is 2.28. The molecule has 0 saturated carbocycles. The number of hydrogen-bond donors (Lipinski definition) is 3. The third kappa shape index (κ3) is 6.19. The van der Waals surface area contributed by atoms with Crippen molar-refractivity contribution in [2.45, 2.75) is 51.2 Å². The Bertz CT molecular complexity index is 1250. The number of hydrogen-bond acceptors (Lipinski definition) is 6. The predicted molar refractivity (Wildman–Crippen MR) is 135 cm³/mol. The molecule has 8 heteroatoms. The number of phenolic OH excluding ortho intramolecular Hbond substituents is 1. The van der Waals surface area contributed by atoms with E-state index in [1.807, 2.05) is 25.1 Å². The van der Waals surface area contributed by atoms with Crippen LogP contribution in [0.3, 0.4) is 0 Å². The number of ether oxygens (including phenoxy) is 1. The maximum absolute atomic E-state index is 12.7. The van der Waals surface area contributed by atoms with Gasteiger partial charge in [-0.05, 0) is 53.6 Å². The number of nitrogens with one attached hydrogen (secondary N) is 2. The number of anilines is 1. The molecule has 2 atom stereocenters. The van der Waals surface area contributed by atoms with Gasteiger partial charge in [0.1, 0.15) is 16.9 Å². The molecule has 0 bridgehead atoms. The maximum atomic E-state index is 12.7. The number of pyridine rings is 1. The molecular weight excluding hydrogens is 462 g/mol. The summed E-state index contributed by atoms with van der Waals surface area (Å²) in [6.45, 7) is 2.29. The van der Waals surface area contributed by atoms with Crippen molar-refractivity contribution < 1.29 is 19.4 Å². The van der Waals surface area contributed by atoms with E-state index in [0.717, 1.165) is 21.6 Å². The number of aromatic nitrogens is 1. The number of terminal acetylenes is 1. The fourth-order valence-electron chi connectivity index (χ4n) is 4.17. The fraction of sp³-hybridized carbons (Fsp3) is 0.296. The second kappa shape index (κ2) is 11.1. The van der Waals surface area contributed by atoms with Crippen LogP contribution in [0.2, 0.25) is 0 Å². The number of fused-ring (bicyclic) bond motifs is 1. The lowest BCUT2D eigenvalue weighted by Crippen LogP contribution is -2.31. The van der Waals surface area contributed by atoms with Gasteiger partial charge in [-0.2, -0.15) is 0 Å². The molecule has 2 aromatic heterocycles. The second-order valence-electron chi connectivity index (χ2n) is 8.59. The topological polar surface area (TPSA) is 101 Å². The average Bonchev–Trinajstić information content (AvgIpc) is 3.19. The molecule has 3 N–H and O–H groups in total. The van der Waals surface area contributed by atoms with Crippen LogP contribution in [0.1, 0.15) is 52.8 Å². The van der Waals surface area contributed by atoms with E-state index in [9.17, 15) is 14.7 Å². The van der Waals surface area contributed by atoms with Gasteiger partial charge in [0.2, 0.25) is 5.91 Å². The highest BCUT2D eigenvalue weighted by Crippen LogP contribution is 2.38. The van der Waals surface area contributed by atoms with Gasteiger partial charge in [0, 0.05) is 36.7 Å². The quantitative estimate of drug-likeness (QED) is 0.416. The summed E-state index contributed by atoms with van der Waals surface area (Å²) in [5.41, 5.74) is 3.54. The number of carbonyl (C=O) groups is 2. The zero-order valence-electron chi connectivity index (χ0n) is 19.4. The molecule has 7 nitrogen and oxygen atoms in total. The van der Waals surface area contributed by atoms with E-state index in [4.69, 9.17) is 11.2 Å². The van der Waals surface area contributed by atoms with Gasteiger partial charge in [0.15, 0.2) is 0 Å². The summed E-state index contributed by atoms with van der Waals surface area (Å²) in [4.78, 5) is 30.1. The van der Waals surface area contributed by atoms with E-state index in [0.29, 0.717) is 36.4 Å². The molecule has 0 saturated heterocycles. The minimum absolute atomic E-state index is 0.0612. The van der Waals surface area contributed by atoms with E-state index in [-0.39, 0.29) is 30.1 Å². The number of phenols is 1. The SMILES string of the molecule is C#Cc1c(NC(=O)CC(C)c2cccc(O)c2)sc2c1CCC(OC(=O)NCc1cccnc1)C2. The average molecular weight is 490 g/mol. The first-order valence-corrected chi connectivity index (χ1v) is 12.3. The number of thiophene rings is 1. The highest BCUT2D eigenvalue weighted by molar-refractivity contribution is 7.16. The first-order valence-electron chi connectivity index (χ1n) is 11.5. The van der Waals surface area contributed by atoms with Crippen molar-refractivity contribution in [2.24, 2.45) is 0 Å². The van der Waals surface area contributed by atoms with Crippen LogP contribution in [0.15, 0.2) is 48.8 Å². The van der Waals surface area contributed by atoms with Crippen LogP contribution in [0.4, 0.5) is 9.80 Å². The van der Waals surface area contributed by atoms with Crippen LogP contribution in [0, 0.1) is 12.3 Å². The van der Waals surface area contributed by atoms with E-state index in [1.54, 1.807) is 30.6 Å². The number of benzene rings is 1. The van der Waals surface area contributed by atoms with Gasteiger partial charge < -0.3 is 20.5 Å². The first-order chi connectivity index (χ1) is 16.9. The molecule has 4 rings (SSSR count). The zero-order chi connectivity index (χ0) is 24.8. The lowest BCUT2D eigenvalue weighted by molar-refractivity contribution is -0.116. The molecule has 35 heavy (non-hydrogen) atoms. The summed E-state index contributed by atoms with van der Waals surface area (Å²) >= 11 is 1.45. The number of aromatic hydroxyl groups is 1. The Morgan fingerprint density at radius 1 is 1.34 bits per heavy atom. The van der Waals surface area contributed by atoms with Crippen LogP contribution < -0.4 is 10.6 Å². The Morgan fingerprint density at radius 2 is 2.20 bits per heavy atom. The van der Waals surface area contributed by atoms with Gasteiger partial charge in [0.25, 0.3) is 0 Å². The molecule has 1 aliphatic carbocycles. The van der Waals surface area contributed by atoms with Crippen molar-refractivity contribution in [3.05, 3.63) is 75.9 Å². The van der Waals surface area contributed by atoms with Crippen LogP contribution in [0.25, 0.3) is 0 Å². The van der Waals surface area contributed by atoms with Gasteiger partial charge in [-0.25, -0.2) is 4.79 Å². The summed E-state index contributed by atoms with van der Waals surface area (Å²) < 4.78 is 5.62.